The van der Waals surface area contributed by atoms with Gasteiger partial charge in [0.05, 0.1) is 9.85 Å². The SMILES string of the molecule is O=C(Nc1ccccc1)c1ccc(O)c([N+](=O)[O-])c1[N+](=O)[O-]. The van der Waals surface area contributed by atoms with E-state index < -0.39 is 38.4 Å². The summed E-state index contributed by atoms with van der Waals surface area (Å²) in [4.78, 5) is 31.9. The minimum absolute atomic E-state index is 0.373. The summed E-state index contributed by atoms with van der Waals surface area (Å²) in [6, 6.07) is 9.93. The highest BCUT2D eigenvalue weighted by molar-refractivity contribution is 6.08. The van der Waals surface area contributed by atoms with Crippen molar-refractivity contribution in [2.24, 2.45) is 0 Å². The van der Waals surface area contributed by atoms with Gasteiger partial charge in [0.1, 0.15) is 5.56 Å². The number of para-hydroxylation sites is 1. The highest BCUT2D eigenvalue weighted by Crippen LogP contribution is 2.38. The fourth-order valence-electron chi connectivity index (χ4n) is 1.84. The lowest BCUT2D eigenvalue weighted by molar-refractivity contribution is -0.423. The first-order valence-corrected chi connectivity index (χ1v) is 5.93. The molecule has 2 rings (SSSR count). The Morgan fingerprint density at radius 3 is 2.09 bits per heavy atom. The molecule has 0 heterocycles. The van der Waals surface area contributed by atoms with E-state index >= 15 is 0 Å². The zero-order chi connectivity index (χ0) is 16.3. The maximum Gasteiger partial charge on any atom is 0.387 e. The smallest absolute Gasteiger partial charge is 0.387 e. The van der Waals surface area contributed by atoms with E-state index in [9.17, 15) is 30.1 Å². The number of nitro groups is 2. The molecule has 0 atom stereocenters. The molecule has 9 heteroatoms. The lowest BCUT2D eigenvalue weighted by Gasteiger charge is -2.06. The van der Waals surface area contributed by atoms with E-state index in [0.717, 1.165) is 12.1 Å². The van der Waals surface area contributed by atoms with E-state index in [1.807, 2.05) is 0 Å². The zero-order valence-electron chi connectivity index (χ0n) is 10.9. The van der Waals surface area contributed by atoms with Crippen LogP contribution in [0.15, 0.2) is 42.5 Å². The molecule has 2 aromatic rings. The van der Waals surface area contributed by atoms with Gasteiger partial charge in [-0.2, -0.15) is 0 Å². The van der Waals surface area contributed by atoms with Crippen LogP contribution in [0.3, 0.4) is 0 Å². The van der Waals surface area contributed by atoms with Gasteiger partial charge in [-0.05, 0) is 24.3 Å². The number of benzene rings is 2. The number of amides is 1. The van der Waals surface area contributed by atoms with Gasteiger partial charge in [-0.3, -0.25) is 25.0 Å². The first-order valence-electron chi connectivity index (χ1n) is 5.93. The van der Waals surface area contributed by atoms with Crippen LogP contribution in [0.1, 0.15) is 10.4 Å². The lowest BCUT2D eigenvalue weighted by Crippen LogP contribution is -2.14. The Bertz CT molecular complexity index is 760. The summed E-state index contributed by atoms with van der Waals surface area (Å²) in [6.07, 6.45) is 0. The van der Waals surface area contributed by atoms with Crippen LogP contribution in [-0.4, -0.2) is 20.9 Å². The molecule has 0 saturated carbocycles. The summed E-state index contributed by atoms with van der Waals surface area (Å²) in [5.74, 6) is -1.77. The standard InChI is InChI=1S/C13H9N3O6/c17-10-7-6-9(11(15(19)20)12(10)16(21)22)13(18)14-8-4-2-1-3-5-8/h1-7,17H,(H,14,18). The van der Waals surface area contributed by atoms with Crippen molar-refractivity contribution >= 4 is 23.0 Å². The average Bonchev–Trinajstić information content (AvgIpc) is 2.47. The number of aromatic hydroxyl groups is 1. The number of nitrogens with zero attached hydrogens (tertiary/aromatic N) is 2. The number of anilines is 1. The molecule has 0 spiro atoms. The third-order valence-corrected chi connectivity index (χ3v) is 2.77. The van der Waals surface area contributed by atoms with E-state index in [0.29, 0.717) is 5.69 Å². The third kappa shape index (κ3) is 2.82. The molecule has 0 aromatic heterocycles. The molecule has 0 bridgehead atoms. The van der Waals surface area contributed by atoms with Crippen molar-refractivity contribution in [2.75, 3.05) is 5.32 Å². The number of rotatable bonds is 4. The minimum atomic E-state index is -1.12. The molecule has 0 unspecified atom stereocenters. The maximum atomic E-state index is 12.1. The largest absolute Gasteiger partial charge is 0.502 e. The molecule has 1 amide bonds. The van der Waals surface area contributed by atoms with Crippen molar-refractivity contribution < 1.29 is 19.7 Å². The van der Waals surface area contributed by atoms with Crippen LogP contribution in [0, 0.1) is 20.2 Å². The zero-order valence-corrected chi connectivity index (χ0v) is 10.9. The number of phenols is 1. The summed E-state index contributed by atoms with van der Waals surface area (Å²) < 4.78 is 0. The summed E-state index contributed by atoms with van der Waals surface area (Å²) in [5.41, 5.74) is -2.32. The Morgan fingerprint density at radius 2 is 1.55 bits per heavy atom. The average molecular weight is 303 g/mol. The van der Waals surface area contributed by atoms with E-state index in [4.69, 9.17) is 0 Å². The van der Waals surface area contributed by atoms with Crippen LogP contribution in [0.2, 0.25) is 0 Å². The number of hydrogen-bond acceptors (Lipinski definition) is 6. The molecular weight excluding hydrogens is 294 g/mol. The number of nitrogens with one attached hydrogen (secondary N) is 1. The number of carbonyl (C=O) groups is 1. The third-order valence-electron chi connectivity index (χ3n) is 2.77. The molecule has 2 aromatic carbocycles. The highest BCUT2D eigenvalue weighted by Gasteiger charge is 2.35. The predicted octanol–water partition coefficient (Wildman–Crippen LogP) is 2.46. The molecule has 2 N–H and O–H groups in total. The summed E-state index contributed by atoms with van der Waals surface area (Å²) in [7, 11) is 0. The Kier molecular flexibility index (Phi) is 3.98. The topological polar surface area (TPSA) is 136 Å². The van der Waals surface area contributed by atoms with Gasteiger partial charge in [-0.1, -0.05) is 18.2 Å². The van der Waals surface area contributed by atoms with Crippen LogP contribution in [-0.2, 0) is 0 Å². The number of hydrogen-bond donors (Lipinski definition) is 2. The van der Waals surface area contributed by atoms with Crippen molar-refractivity contribution in [3.05, 3.63) is 68.3 Å². The minimum Gasteiger partial charge on any atom is -0.502 e. The van der Waals surface area contributed by atoms with Gasteiger partial charge < -0.3 is 10.4 Å². The van der Waals surface area contributed by atoms with Crippen molar-refractivity contribution in [1.82, 2.24) is 0 Å². The lowest BCUT2D eigenvalue weighted by atomic mass is 10.1. The van der Waals surface area contributed by atoms with Crippen LogP contribution < -0.4 is 5.32 Å². The van der Waals surface area contributed by atoms with Crippen molar-refractivity contribution in [2.45, 2.75) is 0 Å². The molecule has 0 aliphatic rings. The monoisotopic (exact) mass is 303 g/mol. The second-order valence-electron chi connectivity index (χ2n) is 4.16. The summed E-state index contributed by atoms with van der Waals surface area (Å²) >= 11 is 0. The van der Waals surface area contributed by atoms with Crippen molar-refractivity contribution in [3.63, 3.8) is 0 Å². The fraction of sp³-hybridized carbons (Fsp3) is 0. The van der Waals surface area contributed by atoms with E-state index in [2.05, 4.69) is 5.32 Å². The van der Waals surface area contributed by atoms with E-state index in [1.54, 1.807) is 30.3 Å². The Hall–Kier alpha value is -3.49. The van der Waals surface area contributed by atoms with Crippen molar-refractivity contribution in [1.29, 1.82) is 0 Å². The van der Waals surface area contributed by atoms with E-state index in [-0.39, 0.29) is 0 Å². The van der Waals surface area contributed by atoms with Gasteiger partial charge in [-0.25, -0.2) is 0 Å². The predicted molar refractivity (Wildman–Crippen MR) is 75.8 cm³/mol. The normalized spacial score (nSPS) is 10.0. The number of carbonyl (C=O) groups excluding carboxylic acids is 1. The van der Waals surface area contributed by atoms with E-state index in [1.165, 1.54) is 0 Å². The quantitative estimate of drug-likeness (QED) is 0.657. The molecule has 0 fully saturated rings. The molecule has 0 aliphatic carbocycles. The summed E-state index contributed by atoms with van der Waals surface area (Å²) in [6.45, 7) is 0. The molecular formula is C13H9N3O6. The van der Waals surface area contributed by atoms with Crippen LogP contribution in [0.4, 0.5) is 17.1 Å². The number of nitro benzene ring substituents is 2. The highest BCUT2D eigenvalue weighted by atomic mass is 16.6. The fourth-order valence-corrected chi connectivity index (χ4v) is 1.84. The second-order valence-corrected chi connectivity index (χ2v) is 4.16. The van der Waals surface area contributed by atoms with Crippen LogP contribution in [0.5, 0.6) is 5.75 Å². The Morgan fingerprint density at radius 1 is 0.955 bits per heavy atom. The van der Waals surface area contributed by atoms with Gasteiger partial charge in [0.25, 0.3) is 5.91 Å². The van der Waals surface area contributed by atoms with Crippen LogP contribution >= 0.6 is 0 Å². The maximum absolute atomic E-state index is 12.1. The first kappa shape index (κ1) is 14.9. The molecule has 0 aliphatic heterocycles. The second kappa shape index (κ2) is 5.87. The Balaban J connectivity index is 2.51. The van der Waals surface area contributed by atoms with Gasteiger partial charge >= 0.3 is 11.4 Å². The first-order chi connectivity index (χ1) is 10.4. The van der Waals surface area contributed by atoms with Gasteiger partial charge in [0.15, 0.2) is 0 Å². The summed E-state index contributed by atoms with van der Waals surface area (Å²) in [5, 5.41) is 33.8. The van der Waals surface area contributed by atoms with Gasteiger partial charge in [0, 0.05) is 5.69 Å². The molecule has 112 valence electrons. The molecule has 22 heavy (non-hydrogen) atoms. The molecule has 0 saturated heterocycles. The molecule has 9 nitrogen and oxygen atoms in total. The van der Waals surface area contributed by atoms with Crippen molar-refractivity contribution in [3.8, 4) is 5.75 Å². The Labute approximate surface area is 123 Å². The molecule has 0 radical (unpaired) electrons. The number of phenolic OH excluding ortho intramolecular Hbond substituents is 1. The van der Waals surface area contributed by atoms with Crippen LogP contribution in [0.25, 0.3) is 0 Å². The van der Waals surface area contributed by atoms with Gasteiger partial charge in [-0.15, -0.1) is 0 Å². The van der Waals surface area contributed by atoms with Gasteiger partial charge in [0.2, 0.25) is 5.75 Å².